The van der Waals surface area contributed by atoms with Crippen molar-refractivity contribution in [2.45, 2.75) is 25.9 Å². The third-order valence-electron chi connectivity index (χ3n) is 1.95. The fourth-order valence-electron chi connectivity index (χ4n) is 0.923. The predicted octanol–water partition coefficient (Wildman–Crippen LogP) is 0.0692. The summed E-state index contributed by atoms with van der Waals surface area (Å²) < 4.78 is 1.79. The Labute approximate surface area is 72.0 Å². The highest BCUT2D eigenvalue weighted by atomic mass is 16.3. The quantitative estimate of drug-likeness (QED) is 0.673. The van der Waals surface area contributed by atoms with Gasteiger partial charge in [-0.25, -0.2) is 0 Å². The summed E-state index contributed by atoms with van der Waals surface area (Å²) in [4.78, 5) is 0. The minimum Gasteiger partial charge on any atom is -0.394 e. The minimum absolute atomic E-state index is 0.0671. The molecule has 4 nitrogen and oxygen atoms in total. The Morgan fingerprint density at radius 3 is 2.83 bits per heavy atom. The van der Waals surface area contributed by atoms with Crippen LogP contribution in [0.3, 0.4) is 0 Å². The summed E-state index contributed by atoms with van der Waals surface area (Å²) in [5.74, 6) is 0. The van der Waals surface area contributed by atoms with E-state index in [9.17, 15) is 0 Å². The standard InChI is InChI=1S/C8H15N3O/c1-3-11-5-7(4-10-11)8(2,9)6-12/h4-5,12H,3,6,9H2,1-2H3. The summed E-state index contributed by atoms with van der Waals surface area (Å²) in [6.45, 7) is 4.54. The Morgan fingerprint density at radius 2 is 2.42 bits per heavy atom. The van der Waals surface area contributed by atoms with E-state index in [4.69, 9.17) is 10.8 Å². The number of nitrogens with zero attached hydrogens (tertiary/aromatic N) is 2. The molecule has 1 atom stereocenters. The summed E-state index contributed by atoms with van der Waals surface area (Å²) in [6.07, 6.45) is 3.55. The molecule has 0 fully saturated rings. The molecule has 0 saturated carbocycles. The van der Waals surface area contributed by atoms with Crippen LogP contribution in [-0.2, 0) is 12.1 Å². The first-order valence-electron chi connectivity index (χ1n) is 4.03. The van der Waals surface area contributed by atoms with Crippen molar-refractivity contribution in [1.82, 2.24) is 9.78 Å². The zero-order valence-electron chi connectivity index (χ0n) is 7.49. The number of nitrogens with two attached hydrogens (primary N) is 1. The molecule has 12 heavy (non-hydrogen) atoms. The van der Waals surface area contributed by atoms with E-state index < -0.39 is 5.54 Å². The molecular weight excluding hydrogens is 154 g/mol. The van der Waals surface area contributed by atoms with Crippen molar-refractivity contribution in [1.29, 1.82) is 0 Å². The van der Waals surface area contributed by atoms with Crippen LogP contribution in [0.25, 0.3) is 0 Å². The molecule has 0 amide bonds. The molecule has 0 radical (unpaired) electrons. The van der Waals surface area contributed by atoms with Crippen LogP contribution in [-0.4, -0.2) is 21.5 Å². The van der Waals surface area contributed by atoms with E-state index in [-0.39, 0.29) is 6.61 Å². The molecule has 3 N–H and O–H groups in total. The number of hydrogen-bond acceptors (Lipinski definition) is 3. The summed E-state index contributed by atoms with van der Waals surface area (Å²) in [7, 11) is 0. The highest BCUT2D eigenvalue weighted by Gasteiger charge is 2.21. The number of aromatic nitrogens is 2. The second kappa shape index (κ2) is 3.25. The van der Waals surface area contributed by atoms with Gasteiger partial charge in [0, 0.05) is 18.3 Å². The number of rotatable bonds is 3. The SMILES string of the molecule is CCn1cc(C(C)(N)CO)cn1. The number of hydrogen-bond donors (Lipinski definition) is 2. The smallest absolute Gasteiger partial charge is 0.0651 e. The molecule has 0 aliphatic heterocycles. The Hall–Kier alpha value is -0.870. The second-order valence-electron chi connectivity index (χ2n) is 3.16. The zero-order chi connectivity index (χ0) is 9.19. The van der Waals surface area contributed by atoms with Crippen LogP contribution in [0.4, 0.5) is 0 Å². The van der Waals surface area contributed by atoms with Gasteiger partial charge in [-0.15, -0.1) is 0 Å². The van der Waals surface area contributed by atoms with E-state index in [0.717, 1.165) is 12.1 Å². The molecular formula is C8H15N3O. The first kappa shape index (κ1) is 9.22. The van der Waals surface area contributed by atoms with Crippen molar-refractivity contribution in [3.05, 3.63) is 18.0 Å². The molecule has 0 aromatic carbocycles. The topological polar surface area (TPSA) is 64.1 Å². The molecule has 0 aliphatic rings. The van der Waals surface area contributed by atoms with E-state index in [1.807, 2.05) is 13.1 Å². The molecule has 1 aromatic heterocycles. The van der Waals surface area contributed by atoms with Crippen molar-refractivity contribution in [3.8, 4) is 0 Å². The fraction of sp³-hybridized carbons (Fsp3) is 0.625. The Bertz CT molecular complexity index is 255. The van der Waals surface area contributed by atoms with Gasteiger partial charge in [0.05, 0.1) is 18.3 Å². The van der Waals surface area contributed by atoms with E-state index in [2.05, 4.69) is 5.10 Å². The third-order valence-corrected chi connectivity index (χ3v) is 1.95. The lowest BCUT2D eigenvalue weighted by Crippen LogP contribution is -2.36. The third kappa shape index (κ3) is 1.65. The van der Waals surface area contributed by atoms with Crippen molar-refractivity contribution in [2.24, 2.45) is 5.73 Å². The van der Waals surface area contributed by atoms with Gasteiger partial charge in [-0.2, -0.15) is 5.10 Å². The van der Waals surface area contributed by atoms with Gasteiger partial charge < -0.3 is 10.8 Å². The van der Waals surface area contributed by atoms with Crippen LogP contribution in [0.2, 0.25) is 0 Å². The van der Waals surface area contributed by atoms with E-state index in [0.29, 0.717) is 0 Å². The largest absolute Gasteiger partial charge is 0.394 e. The Kier molecular flexibility index (Phi) is 2.49. The van der Waals surface area contributed by atoms with Gasteiger partial charge in [-0.3, -0.25) is 4.68 Å². The van der Waals surface area contributed by atoms with Gasteiger partial charge >= 0.3 is 0 Å². The molecule has 1 rings (SSSR count). The molecule has 4 heteroatoms. The second-order valence-corrected chi connectivity index (χ2v) is 3.16. The first-order chi connectivity index (χ1) is 5.60. The van der Waals surface area contributed by atoms with Gasteiger partial charge in [0.15, 0.2) is 0 Å². The summed E-state index contributed by atoms with van der Waals surface area (Å²) in [5.41, 5.74) is 6.00. The highest BCUT2D eigenvalue weighted by Crippen LogP contribution is 2.15. The van der Waals surface area contributed by atoms with Crippen LogP contribution in [0, 0.1) is 0 Å². The molecule has 0 bridgehead atoms. The molecule has 0 spiro atoms. The fourth-order valence-corrected chi connectivity index (χ4v) is 0.923. The van der Waals surface area contributed by atoms with Crippen molar-refractivity contribution in [2.75, 3.05) is 6.61 Å². The normalized spacial score (nSPS) is 16.0. The van der Waals surface area contributed by atoms with Crippen molar-refractivity contribution < 1.29 is 5.11 Å². The maximum Gasteiger partial charge on any atom is 0.0651 e. The minimum atomic E-state index is -0.673. The van der Waals surface area contributed by atoms with E-state index >= 15 is 0 Å². The number of aliphatic hydroxyl groups is 1. The lowest BCUT2D eigenvalue weighted by atomic mass is 9.98. The first-order valence-corrected chi connectivity index (χ1v) is 4.03. The van der Waals surface area contributed by atoms with E-state index in [1.54, 1.807) is 17.8 Å². The molecule has 68 valence electrons. The van der Waals surface area contributed by atoms with Crippen LogP contribution in [0.5, 0.6) is 0 Å². The van der Waals surface area contributed by atoms with Crippen molar-refractivity contribution in [3.63, 3.8) is 0 Å². The Morgan fingerprint density at radius 1 is 1.75 bits per heavy atom. The monoisotopic (exact) mass is 169 g/mol. The molecule has 0 aliphatic carbocycles. The van der Waals surface area contributed by atoms with Gasteiger partial charge in [0.1, 0.15) is 0 Å². The van der Waals surface area contributed by atoms with E-state index in [1.165, 1.54) is 0 Å². The number of aryl methyl sites for hydroxylation is 1. The summed E-state index contributed by atoms with van der Waals surface area (Å²) in [6, 6.07) is 0. The van der Waals surface area contributed by atoms with Crippen LogP contribution in [0.15, 0.2) is 12.4 Å². The van der Waals surface area contributed by atoms with Gasteiger partial charge in [0.25, 0.3) is 0 Å². The maximum atomic E-state index is 8.97. The maximum absolute atomic E-state index is 8.97. The molecule has 1 unspecified atom stereocenters. The lowest BCUT2D eigenvalue weighted by Gasteiger charge is -2.19. The van der Waals surface area contributed by atoms with Crippen LogP contribution >= 0.6 is 0 Å². The van der Waals surface area contributed by atoms with Gasteiger partial charge in [0.2, 0.25) is 0 Å². The number of aliphatic hydroxyl groups excluding tert-OH is 1. The van der Waals surface area contributed by atoms with Crippen LogP contribution < -0.4 is 5.73 Å². The predicted molar refractivity (Wildman–Crippen MR) is 46.5 cm³/mol. The summed E-state index contributed by atoms with van der Waals surface area (Å²) in [5, 5.41) is 13.0. The molecule has 0 saturated heterocycles. The van der Waals surface area contributed by atoms with Gasteiger partial charge in [-0.1, -0.05) is 0 Å². The molecule has 1 heterocycles. The van der Waals surface area contributed by atoms with Crippen molar-refractivity contribution >= 4 is 0 Å². The lowest BCUT2D eigenvalue weighted by molar-refractivity contribution is 0.210. The highest BCUT2D eigenvalue weighted by molar-refractivity contribution is 5.15. The zero-order valence-corrected chi connectivity index (χ0v) is 7.49. The summed E-state index contributed by atoms with van der Waals surface area (Å²) >= 11 is 0. The average Bonchev–Trinajstić information content (AvgIpc) is 2.52. The molecule has 1 aromatic rings. The average molecular weight is 169 g/mol. The van der Waals surface area contributed by atoms with Gasteiger partial charge in [-0.05, 0) is 13.8 Å². The van der Waals surface area contributed by atoms with Crippen LogP contribution in [0.1, 0.15) is 19.4 Å². The Balaban J connectivity index is 2.88.